The Morgan fingerprint density at radius 3 is 2.17 bits per heavy atom. The molecule has 2 heterocycles. The maximum Gasteiger partial charge on any atom is 0.321 e. The number of amides is 2. The topological polar surface area (TPSA) is 66.9 Å². The number of rotatable bonds is 4. The van der Waals surface area contributed by atoms with Gasteiger partial charge in [0.15, 0.2) is 0 Å². The molecule has 1 aromatic carbocycles. The minimum Gasteiger partial charge on any atom is -0.325 e. The van der Waals surface area contributed by atoms with E-state index in [2.05, 4.69) is 20.6 Å². The third-order valence-electron chi connectivity index (χ3n) is 3.30. The van der Waals surface area contributed by atoms with Crippen molar-refractivity contribution in [2.24, 2.45) is 0 Å². The molecule has 114 valence electrons. The average molecular weight is 304 g/mol. The Morgan fingerprint density at radius 1 is 0.826 bits per heavy atom. The molecule has 23 heavy (non-hydrogen) atoms. The normalized spacial score (nSPS) is 11.5. The Kier molecular flexibility index (Phi) is 4.59. The van der Waals surface area contributed by atoms with Crippen LogP contribution in [0, 0.1) is 0 Å². The van der Waals surface area contributed by atoms with Crippen molar-refractivity contribution >= 4 is 11.8 Å². The Hall–Kier alpha value is -3.21. The second-order valence-corrected chi connectivity index (χ2v) is 4.91. The van der Waals surface area contributed by atoms with Crippen molar-refractivity contribution in [3.63, 3.8) is 0 Å². The van der Waals surface area contributed by atoms with Crippen LogP contribution in [0.1, 0.15) is 17.3 Å². The summed E-state index contributed by atoms with van der Waals surface area (Å²) in [4.78, 5) is 20.7. The second-order valence-electron chi connectivity index (χ2n) is 4.91. The van der Waals surface area contributed by atoms with Crippen molar-refractivity contribution in [3.8, 4) is 0 Å². The van der Waals surface area contributed by atoms with E-state index in [-0.39, 0.29) is 12.1 Å². The van der Waals surface area contributed by atoms with Crippen LogP contribution < -0.4 is 10.6 Å². The largest absolute Gasteiger partial charge is 0.325 e. The van der Waals surface area contributed by atoms with Gasteiger partial charge in [0.25, 0.3) is 0 Å². The molecule has 0 bridgehead atoms. The van der Waals surface area contributed by atoms with Crippen molar-refractivity contribution in [2.45, 2.75) is 6.04 Å². The van der Waals surface area contributed by atoms with Crippen LogP contribution >= 0.6 is 0 Å². The highest BCUT2D eigenvalue weighted by Crippen LogP contribution is 2.20. The molecule has 0 spiro atoms. The predicted octanol–water partition coefficient (Wildman–Crippen LogP) is 3.39. The lowest BCUT2D eigenvalue weighted by Gasteiger charge is -2.19. The van der Waals surface area contributed by atoms with Crippen molar-refractivity contribution in [1.29, 1.82) is 0 Å². The van der Waals surface area contributed by atoms with Gasteiger partial charge in [0, 0.05) is 12.4 Å². The van der Waals surface area contributed by atoms with Gasteiger partial charge in [0.1, 0.15) is 5.82 Å². The number of urea groups is 1. The van der Waals surface area contributed by atoms with Gasteiger partial charge in [-0.05, 0) is 29.8 Å². The summed E-state index contributed by atoms with van der Waals surface area (Å²) < 4.78 is 0. The molecular formula is C18H16N4O. The molecule has 2 N–H and O–H groups in total. The molecule has 5 heteroatoms. The monoisotopic (exact) mass is 304 g/mol. The van der Waals surface area contributed by atoms with E-state index in [1.54, 1.807) is 24.5 Å². The van der Waals surface area contributed by atoms with Gasteiger partial charge in [-0.15, -0.1) is 0 Å². The number of hydrogen-bond acceptors (Lipinski definition) is 3. The summed E-state index contributed by atoms with van der Waals surface area (Å²) >= 11 is 0. The smallest absolute Gasteiger partial charge is 0.321 e. The molecule has 0 saturated carbocycles. The van der Waals surface area contributed by atoms with Crippen LogP contribution in [0.4, 0.5) is 10.6 Å². The van der Waals surface area contributed by atoms with E-state index in [1.807, 2.05) is 54.6 Å². The lowest BCUT2D eigenvalue weighted by atomic mass is 10.0. The highest BCUT2D eigenvalue weighted by Gasteiger charge is 2.17. The molecule has 3 rings (SSSR count). The van der Waals surface area contributed by atoms with Gasteiger partial charge in [-0.2, -0.15) is 0 Å². The van der Waals surface area contributed by atoms with Crippen LogP contribution in [0.5, 0.6) is 0 Å². The van der Waals surface area contributed by atoms with Crippen molar-refractivity contribution in [1.82, 2.24) is 15.3 Å². The molecule has 2 aromatic heterocycles. The number of anilines is 1. The fourth-order valence-corrected chi connectivity index (χ4v) is 2.24. The number of pyridine rings is 2. The number of nitrogens with one attached hydrogen (secondary N) is 2. The molecule has 3 aromatic rings. The first-order valence-corrected chi connectivity index (χ1v) is 7.27. The highest BCUT2D eigenvalue weighted by molar-refractivity contribution is 5.88. The van der Waals surface area contributed by atoms with Crippen LogP contribution in [0.15, 0.2) is 79.1 Å². The summed E-state index contributed by atoms with van der Waals surface area (Å²) in [5.41, 5.74) is 1.73. The first-order valence-electron chi connectivity index (χ1n) is 7.27. The molecule has 0 saturated heterocycles. The summed E-state index contributed by atoms with van der Waals surface area (Å²) in [6, 6.07) is 20.0. The van der Waals surface area contributed by atoms with Gasteiger partial charge in [-0.25, -0.2) is 9.78 Å². The molecule has 1 atom stereocenters. The van der Waals surface area contributed by atoms with E-state index in [9.17, 15) is 4.79 Å². The zero-order valence-electron chi connectivity index (χ0n) is 12.4. The van der Waals surface area contributed by atoms with E-state index >= 15 is 0 Å². The van der Waals surface area contributed by atoms with E-state index in [4.69, 9.17) is 0 Å². The van der Waals surface area contributed by atoms with Gasteiger partial charge < -0.3 is 5.32 Å². The van der Waals surface area contributed by atoms with Gasteiger partial charge in [0.05, 0.1) is 11.7 Å². The van der Waals surface area contributed by atoms with Gasteiger partial charge >= 0.3 is 6.03 Å². The zero-order valence-corrected chi connectivity index (χ0v) is 12.4. The lowest BCUT2D eigenvalue weighted by molar-refractivity contribution is 0.250. The molecule has 0 aliphatic carbocycles. The molecular weight excluding hydrogens is 288 g/mol. The van der Waals surface area contributed by atoms with E-state index in [0.717, 1.165) is 11.3 Å². The van der Waals surface area contributed by atoms with Crippen LogP contribution in [0.3, 0.4) is 0 Å². The number of hydrogen-bond donors (Lipinski definition) is 2. The third-order valence-corrected chi connectivity index (χ3v) is 3.30. The van der Waals surface area contributed by atoms with Crippen LogP contribution in [0.25, 0.3) is 0 Å². The zero-order chi connectivity index (χ0) is 15.9. The van der Waals surface area contributed by atoms with Gasteiger partial charge in [0.2, 0.25) is 0 Å². The lowest BCUT2D eigenvalue weighted by Crippen LogP contribution is -2.33. The molecule has 5 nitrogen and oxygen atoms in total. The molecule has 2 amide bonds. The van der Waals surface area contributed by atoms with E-state index in [1.165, 1.54) is 0 Å². The maximum absolute atomic E-state index is 12.3. The first-order chi connectivity index (χ1) is 11.3. The number of aromatic nitrogens is 2. The van der Waals surface area contributed by atoms with E-state index < -0.39 is 0 Å². The average Bonchev–Trinajstić information content (AvgIpc) is 2.62. The number of carbonyl (C=O) groups excluding carboxylic acids is 1. The van der Waals surface area contributed by atoms with Crippen molar-refractivity contribution < 1.29 is 4.79 Å². The minimum absolute atomic E-state index is 0.330. The summed E-state index contributed by atoms with van der Waals surface area (Å²) in [7, 11) is 0. The second kappa shape index (κ2) is 7.17. The summed E-state index contributed by atoms with van der Waals surface area (Å²) in [5, 5.41) is 5.67. The van der Waals surface area contributed by atoms with Crippen LogP contribution in [-0.4, -0.2) is 16.0 Å². The Labute approximate surface area is 134 Å². The van der Waals surface area contributed by atoms with Crippen molar-refractivity contribution in [2.75, 3.05) is 5.32 Å². The quantitative estimate of drug-likeness (QED) is 0.776. The van der Waals surface area contributed by atoms with Gasteiger partial charge in [-0.1, -0.05) is 42.5 Å². The predicted molar refractivity (Wildman–Crippen MR) is 88.9 cm³/mol. The van der Waals surface area contributed by atoms with Crippen LogP contribution in [-0.2, 0) is 0 Å². The standard InChI is InChI=1S/C18H16N4O/c23-18(21-16-11-5-7-13-20-16)22-17(14-8-2-1-3-9-14)15-10-4-6-12-19-15/h1-13,17H,(H2,20,21,22,23)/t17-/m1/s1. The molecule has 0 fully saturated rings. The van der Waals surface area contributed by atoms with Crippen molar-refractivity contribution in [3.05, 3.63) is 90.4 Å². The Morgan fingerprint density at radius 2 is 1.52 bits per heavy atom. The SMILES string of the molecule is O=C(Nc1ccccn1)N[C@H](c1ccccc1)c1ccccn1. The molecule has 0 unspecified atom stereocenters. The number of nitrogens with zero attached hydrogens (tertiary/aromatic N) is 2. The fraction of sp³-hybridized carbons (Fsp3) is 0.0556. The third kappa shape index (κ3) is 3.91. The molecule has 0 radical (unpaired) electrons. The molecule has 0 aliphatic heterocycles. The van der Waals surface area contributed by atoms with Crippen LogP contribution in [0.2, 0.25) is 0 Å². The minimum atomic E-state index is -0.332. The first kappa shape index (κ1) is 14.7. The molecule has 0 aliphatic rings. The number of benzene rings is 1. The summed E-state index contributed by atoms with van der Waals surface area (Å²) in [6.07, 6.45) is 3.34. The Bertz CT molecular complexity index is 708. The number of carbonyl (C=O) groups is 1. The van der Waals surface area contributed by atoms with Gasteiger partial charge in [-0.3, -0.25) is 10.3 Å². The summed E-state index contributed by atoms with van der Waals surface area (Å²) in [6.45, 7) is 0. The van der Waals surface area contributed by atoms with E-state index in [0.29, 0.717) is 5.82 Å². The Balaban J connectivity index is 1.81. The maximum atomic E-state index is 12.3. The fourth-order valence-electron chi connectivity index (χ4n) is 2.24. The summed E-state index contributed by atoms with van der Waals surface area (Å²) in [5.74, 6) is 0.498. The highest BCUT2D eigenvalue weighted by atomic mass is 16.2.